The Bertz CT molecular complexity index is 977. The third-order valence-electron chi connectivity index (χ3n) is 4.41. The minimum absolute atomic E-state index is 0.173. The van der Waals surface area contributed by atoms with Gasteiger partial charge in [0.1, 0.15) is 6.54 Å². The number of halogens is 2. The topological polar surface area (TPSA) is 66.5 Å². The Morgan fingerprint density at radius 2 is 1.82 bits per heavy atom. The van der Waals surface area contributed by atoms with E-state index >= 15 is 0 Å². The van der Waals surface area contributed by atoms with Crippen molar-refractivity contribution in [1.82, 2.24) is 5.32 Å². The van der Waals surface area contributed by atoms with E-state index in [1.807, 2.05) is 32.9 Å². The molecule has 0 aliphatic rings. The predicted octanol–water partition coefficient (Wildman–Crippen LogP) is 4.64. The van der Waals surface area contributed by atoms with Crippen molar-refractivity contribution in [3.05, 3.63) is 63.1 Å². The summed E-state index contributed by atoms with van der Waals surface area (Å²) in [6, 6.07) is 10.3. The van der Waals surface area contributed by atoms with Crippen LogP contribution in [0.5, 0.6) is 0 Å². The van der Waals surface area contributed by atoms with Gasteiger partial charge in [0, 0.05) is 5.02 Å². The number of rotatable bonds is 7. The number of nitrogens with zero attached hydrogens (tertiary/aromatic N) is 1. The first-order chi connectivity index (χ1) is 13.0. The fourth-order valence-electron chi connectivity index (χ4n) is 3.04. The molecule has 0 aromatic heterocycles. The van der Waals surface area contributed by atoms with E-state index in [0.717, 1.165) is 27.3 Å². The zero-order valence-corrected chi connectivity index (χ0v) is 18.6. The molecule has 0 saturated heterocycles. The second-order valence-electron chi connectivity index (χ2n) is 6.75. The van der Waals surface area contributed by atoms with E-state index in [4.69, 9.17) is 23.2 Å². The number of hydrogen-bond acceptors (Lipinski definition) is 3. The summed E-state index contributed by atoms with van der Waals surface area (Å²) < 4.78 is 25.5. The Kier molecular flexibility index (Phi) is 7.37. The van der Waals surface area contributed by atoms with Gasteiger partial charge in [0.25, 0.3) is 0 Å². The van der Waals surface area contributed by atoms with Crippen LogP contribution in [0.15, 0.2) is 36.4 Å². The zero-order valence-electron chi connectivity index (χ0n) is 16.3. The summed E-state index contributed by atoms with van der Waals surface area (Å²) >= 11 is 12.1. The molecular weight excluding hydrogens is 419 g/mol. The van der Waals surface area contributed by atoms with Gasteiger partial charge in [-0.05, 0) is 49.6 Å². The third-order valence-corrected chi connectivity index (χ3v) is 6.09. The van der Waals surface area contributed by atoms with E-state index in [9.17, 15) is 13.2 Å². The maximum absolute atomic E-state index is 12.7. The quantitative estimate of drug-likeness (QED) is 0.678. The molecule has 0 bridgehead atoms. The normalized spacial score (nSPS) is 12.5. The second-order valence-corrected chi connectivity index (χ2v) is 9.50. The van der Waals surface area contributed by atoms with Gasteiger partial charge >= 0.3 is 0 Å². The largest absolute Gasteiger partial charge is 0.348 e. The Balaban J connectivity index is 2.27. The van der Waals surface area contributed by atoms with Crippen LogP contribution < -0.4 is 9.62 Å². The lowest BCUT2D eigenvalue weighted by Gasteiger charge is -2.25. The molecule has 2 aromatic rings. The average molecular weight is 443 g/mol. The van der Waals surface area contributed by atoms with Gasteiger partial charge < -0.3 is 5.32 Å². The van der Waals surface area contributed by atoms with Crippen LogP contribution in [0.3, 0.4) is 0 Å². The molecule has 0 aliphatic heterocycles. The molecule has 2 rings (SSSR count). The summed E-state index contributed by atoms with van der Waals surface area (Å²) in [6.45, 7) is 5.58. The van der Waals surface area contributed by atoms with Crippen molar-refractivity contribution < 1.29 is 13.2 Å². The Morgan fingerprint density at radius 1 is 1.14 bits per heavy atom. The van der Waals surface area contributed by atoms with Crippen LogP contribution in [0, 0.1) is 13.8 Å². The molecule has 8 heteroatoms. The molecule has 5 nitrogen and oxygen atoms in total. The zero-order chi connectivity index (χ0) is 21.1. The van der Waals surface area contributed by atoms with Gasteiger partial charge in [-0.2, -0.15) is 0 Å². The molecule has 0 radical (unpaired) electrons. The van der Waals surface area contributed by atoms with E-state index in [-0.39, 0.29) is 23.3 Å². The van der Waals surface area contributed by atoms with Crippen LogP contribution in [0.25, 0.3) is 0 Å². The average Bonchev–Trinajstić information content (AvgIpc) is 2.59. The monoisotopic (exact) mass is 442 g/mol. The molecule has 0 spiro atoms. The van der Waals surface area contributed by atoms with Crippen LogP contribution >= 0.6 is 23.2 Å². The van der Waals surface area contributed by atoms with E-state index in [1.165, 1.54) is 12.1 Å². The van der Waals surface area contributed by atoms with Crippen molar-refractivity contribution >= 4 is 44.8 Å². The maximum atomic E-state index is 12.7. The van der Waals surface area contributed by atoms with Gasteiger partial charge in [-0.1, -0.05) is 53.9 Å². The standard InChI is InChI=1S/C20H24Cl2N2O3S/c1-5-18(16-8-6-13(2)10-14(16)3)23-20(25)12-24(28(4,26)27)19-11-15(21)7-9-17(19)22/h6-11,18H,5,12H2,1-4H3,(H,23,25)/t18-/m0/s1. The van der Waals surface area contributed by atoms with E-state index in [1.54, 1.807) is 6.07 Å². The number of aryl methyl sites for hydroxylation is 2. The highest BCUT2D eigenvalue weighted by atomic mass is 35.5. The van der Waals surface area contributed by atoms with Crippen molar-refractivity contribution in [1.29, 1.82) is 0 Å². The van der Waals surface area contributed by atoms with Gasteiger partial charge in [0.2, 0.25) is 15.9 Å². The minimum Gasteiger partial charge on any atom is -0.348 e. The maximum Gasteiger partial charge on any atom is 0.241 e. The van der Waals surface area contributed by atoms with Gasteiger partial charge in [0.15, 0.2) is 0 Å². The number of benzene rings is 2. The molecule has 28 heavy (non-hydrogen) atoms. The molecule has 1 atom stereocenters. The van der Waals surface area contributed by atoms with Gasteiger partial charge in [-0.15, -0.1) is 0 Å². The van der Waals surface area contributed by atoms with Crippen molar-refractivity contribution in [2.24, 2.45) is 0 Å². The fraction of sp³-hybridized carbons (Fsp3) is 0.350. The molecule has 0 unspecified atom stereocenters. The third kappa shape index (κ3) is 5.63. The Labute approximate surface area is 176 Å². The van der Waals surface area contributed by atoms with E-state index < -0.39 is 15.9 Å². The van der Waals surface area contributed by atoms with Crippen molar-refractivity contribution in [2.75, 3.05) is 17.1 Å². The van der Waals surface area contributed by atoms with E-state index in [2.05, 4.69) is 11.4 Å². The first kappa shape index (κ1) is 22.5. The smallest absolute Gasteiger partial charge is 0.241 e. The molecule has 2 aromatic carbocycles. The first-order valence-corrected chi connectivity index (χ1v) is 11.4. The van der Waals surface area contributed by atoms with Crippen LogP contribution in [-0.4, -0.2) is 27.1 Å². The number of sulfonamides is 1. The number of carbonyl (C=O) groups is 1. The second kappa shape index (κ2) is 9.16. The molecule has 152 valence electrons. The minimum atomic E-state index is -3.74. The molecule has 0 heterocycles. The van der Waals surface area contributed by atoms with Gasteiger partial charge in [-0.3, -0.25) is 9.10 Å². The highest BCUT2D eigenvalue weighted by Gasteiger charge is 2.25. The van der Waals surface area contributed by atoms with Crippen LogP contribution in [0.1, 0.15) is 36.1 Å². The van der Waals surface area contributed by atoms with E-state index in [0.29, 0.717) is 11.4 Å². The lowest BCUT2D eigenvalue weighted by atomic mass is 9.97. The van der Waals surface area contributed by atoms with Gasteiger partial charge in [0.05, 0.1) is 23.0 Å². The summed E-state index contributed by atoms with van der Waals surface area (Å²) in [5, 5.41) is 3.46. The first-order valence-electron chi connectivity index (χ1n) is 8.82. The number of carbonyl (C=O) groups excluding carboxylic acids is 1. The summed E-state index contributed by atoms with van der Waals surface area (Å²) in [7, 11) is -3.74. The summed E-state index contributed by atoms with van der Waals surface area (Å²) in [5.74, 6) is -0.423. The van der Waals surface area contributed by atoms with Crippen LogP contribution in [0.2, 0.25) is 10.0 Å². The highest BCUT2D eigenvalue weighted by molar-refractivity contribution is 7.92. The highest BCUT2D eigenvalue weighted by Crippen LogP contribution is 2.30. The molecule has 1 N–H and O–H groups in total. The number of hydrogen-bond donors (Lipinski definition) is 1. The van der Waals surface area contributed by atoms with Gasteiger partial charge in [-0.25, -0.2) is 8.42 Å². The molecule has 0 aliphatic carbocycles. The summed E-state index contributed by atoms with van der Waals surface area (Å²) in [6.07, 6.45) is 1.70. The Hall–Kier alpha value is -1.76. The molecule has 0 saturated carbocycles. The van der Waals surface area contributed by atoms with Crippen molar-refractivity contribution in [2.45, 2.75) is 33.2 Å². The number of anilines is 1. The van der Waals surface area contributed by atoms with Crippen LogP contribution in [0.4, 0.5) is 5.69 Å². The molecule has 1 amide bonds. The Morgan fingerprint density at radius 3 is 2.39 bits per heavy atom. The number of amides is 1. The number of nitrogens with one attached hydrogen (secondary N) is 1. The lowest BCUT2D eigenvalue weighted by Crippen LogP contribution is -2.41. The van der Waals surface area contributed by atoms with Crippen molar-refractivity contribution in [3.63, 3.8) is 0 Å². The molecular formula is C20H24Cl2N2O3S. The summed E-state index contributed by atoms with van der Waals surface area (Å²) in [4.78, 5) is 12.7. The van der Waals surface area contributed by atoms with Crippen LogP contribution in [-0.2, 0) is 14.8 Å². The SMILES string of the molecule is CC[C@H](NC(=O)CN(c1cc(Cl)ccc1Cl)S(C)(=O)=O)c1ccc(C)cc1C. The molecule has 0 fully saturated rings. The lowest BCUT2D eigenvalue weighted by molar-refractivity contribution is -0.120. The van der Waals surface area contributed by atoms with Crippen molar-refractivity contribution in [3.8, 4) is 0 Å². The fourth-order valence-corrected chi connectivity index (χ4v) is 4.34. The summed E-state index contributed by atoms with van der Waals surface area (Å²) in [5.41, 5.74) is 3.39. The predicted molar refractivity (Wildman–Crippen MR) is 116 cm³/mol.